The van der Waals surface area contributed by atoms with Crippen LogP contribution in [0.25, 0.3) is 33.7 Å². The van der Waals surface area contributed by atoms with Gasteiger partial charge in [0.25, 0.3) is 0 Å². The van der Waals surface area contributed by atoms with E-state index in [-0.39, 0.29) is 5.69 Å². The lowest BCUT2D eigenvalue weighted by Crippen LogP contribution is -2.09. The Labute approximate surface area is 195 Å². The highest BCUT2D eigenvalue weighted by Crippen LogP contribution is 2.29. The molecular weight excluding hydrogens is 432 g/mol. The van der Waals surface area contributed by atoms with Crippen LogP contribution in [-0.4, -0.2) is 53.2 Å². The molecule has 5 rings (SSSR count). The van der Waals surface area contributed by atoms with Gasteiger partial charge in [-0.1, -0.05) is 31.2 Å². The van der Waals surface area contributed by atoms with E-state index < -0.39 is 5.97 Å². The molecule has 0 saturated heterocycles. The molecule has 1 N–H and O–H groups in total. The number of nitrogens with one attached hydrogen (secondary N) is 1. The average Bonchev–Trinajstić information content (AvgIpc) is 3.53. The molecule has 0 radical (unpaired) electrons. The lowest BCUT2D eigenvalue weighted by Gasteiger charge is -2.11. The molecule has 10 nitrogen and oxygen atoms in total. The van der Waals surface area contributed by atoms with Crippen LogP contribution < -0.4 is 0 Å². The highest BCUT2D eigenvalue weighted by atomic mass is 16.5. The predicted octanol–water partition coefficient (Wildman–Crippen LogP) is 3.38. The summed E-state index contributed by atoms with van der Waals surface area (Å²) in [6.07, 6.45) is 4.23. The van der Waals surface area contributed by atoms with Gasteiger partial charge < -0.3 is 9.30 Å². The number of carbonyl (C=O) groups excluding carboxylic acids is 1. The number of esters is 1. The van der Waals surface area contributed by atoms with Crippen molar-refractivity contribution in [1.29, 1.82) is 0 Å². The van der Waals surface area contributed by atoms with Crippen molar-refractivity contribution >= 4 is 17.1 Å². The molecular formula is C24H22N8O2. The number of carbonyl (C=O) groups is 1. The summed E-state index contributed by atoms with van der Waals surface area (Å²) in [4.78, 5) is 25.7. The zero-order chi connectivity index (χ0) is 23.7. The molecule has 0 atom stereocenters. The maximum atomic E-state index is 12.1. The number of nitrogens with zero attached hydrogens (tertiary/aromatic N) is 7. The predicted molar refractivity (Wildman–Crippen MR) is 125 cm³/mol. The van der Waals surface area contributed by atoms with Gasteiger partial charge in [-0.3, -0.25) is 4.98 Å². The molecule has 0 aliphatic rings. The van der Waals surface area contributed by atoms with E-state index in [4.69, 9.17) is 9.72 Å². The Kier molecular flexibility index (Phi) is 5.54. The molecule has 5 aromatic rings. The summed E-state index contributed by atoms with van der Waals surface area (Å²) in [5.74, 6) is 1.01. The molecule has 0 spiro atoms. The van der Waals surface area contributed by atoms with Gasteiger partial charge in [-0.05, 0) is 51.7 Å². The fourth-order valence-electron chi connectivity index (χ4n) is 4.01. The highest BCUT2D eigenvalue weighted by molar-refractivity contribution is 5.91. The number of ether oxygens (including phenoxy) is 1. The molecule has 10 heteroatoms. The Balaban J connectivity index is 1.51. The van der Waals surface area contributed by atoms with Gasteiger partial charge in [-0.25, -0.2) is 19.9 Å². The molecule has 0 amide bonds. The van der Waals surface area contributed by atoms with Gasteiger partial charge in [0, 0.05) is 24.4 Å². The van der Waals surface area contributed by atoms with Crippen molar-refractivity contribution in [3.8, 4) is 22.5 Å². The van der Waals surface area contributed by atoms with Crippen LogP contribution >= 0.6 is 0 Å². The minimum Gasteiger partial charge on any atom is -0.464 e. The number of aryl methyl sites for hydroxylation is 2. The zero-order valence-electron chi connectivity index (χ0n) is 19.0. The number of H-pyrrole nitrogens is 1. The number of imidazole rings is 1. The van der Waals surface area contributed by atoms with Crippen molar-refractivity contribution in [2.75, 3.05) is 7.11 Å². The number of hydrogen-bond donors (Lipinski definition) is 1. The first-order chi connectivity index (χ1) is 16.6. The first-order valence-electron chi connectivity index (χ1n) is 10.8. The molecule has 1 aromatic carbocycles. The van der Waals surface area contributed by atoms with Crippen LogP contribution in [0.15, 0.2) is 48.8 Å². The van der Waals surface area contributed by atoms with E-state index in [9.17, 15) is 4.79 Å². The van der Waals surface area contributed by atoms with Crippen molar-refractivity contribution in [3.63, 3.8) is 0 Å². The molecule has 34 heavy (non-hydrogen) atoms. The van der Waals surface area contributed by atoms with Crippen LogP contribution in [0.5, 0.6) is 0 Å². The van der Waals surface area contributed by atoms with Gasteiger partial charge in [0.15, 0.2) is 17.2 Å². The Hall–Kier alpha value is -4.47. The van der Waals surface area contributed by atoms with Crippen LogP contribution in [0, 0.1) is 6.92 Å². The van der Waals surface area contributed by atoms with E-state index >= 15 is 0 Å². The Morgan fingerprint density at radius 2 is 1.94 bits per heavy atom. The Morgan fingerprint density at radius 1 is 1.12 bits per heavy atom. The number of benzene rings is 1. The van der Waals surface area contributed by atoms with E-state index in [0.29, 0.717) is 18.0 Å². The largest absolute Gasteiger partial charge is 0.464 e. The third kappa shape index (κ3) is 3.79. The first-order valence-corrected chi connectivity index (χ1v) is 10.8. The number of tetrazole rings is 1. The molecule has 0 bridgehead atoms. The Morgan fingerprint density at radius 3 is 2.65 bits per heavy atom. The lowest BCUT2D eigenvalue weighted by molar-refractivity contribution is 0.0594. The SMILES string of the molecule is CCc1nc2c(C)cc(C(=O)OC)nc2n1Cc1ccc(-c2ccncc2-c2nnn[nH]2)cc1. The average molecular weight is 454 g/mol. The maximum Gasteiger partial charge on any atom is 0.356 e. The summed E-state index contributed by atoms with van der Waals surface area (Å²) < 4.78 is 6.93. The fraction of sp³-hybridized carbons (Fsp3) is 0.208. The van der Waals surface area contributed by atoms with Crippen LogP contribution in [0.3, 0.4) is 0 Å². The fourth-order valence-corrected chi connectivity index (χ4v) is 4.01. The number of aromatic amines is 1. The molecule has 0 unspecified atom stereocenters. The first kappa shape index (κ1) is 21.4. The summed E-state index contributed by atoms with van der Waals surface area (Å²) in [6.45, 7) is 4.56. The van der Waals surface area contributed by atoms with Crippen LogP contribution in [0.2, 0.25) is 0 Å². The number of methoxy groups -OCH3 is 1. The van der Waals surface area contributed by atoms with Crippen LogP contribution in [0.1, 0.15) is 34.4 Å². The van der Waals surface area contributed by atoms with Crippen LogP contribution in [-0.2, 0) is 17.7 Å². The third-order valence-corrected chi connectivity index (χ3v) is 5.71. The van der Waals surface area contributed by atoms with E-state index in [1.165, 1.54) is 7.11 Å². The number of hydrogen-bond acceptors (Lipinski definition) is 8. The van der Waals surface area contributed by atoms with E-state index in [1.54, 1.807) is 18.5 Å². The van der Waals surface area contributed by atoms with E-state index in [1.807, 2.05) is 13.0 Å². The van der Waals surface area contributed by atoms with E-state index in [0.717, 1.165) is 45.6 Å². The molecule has 0 saturated carbocycles. The van der Waals surface area contributed by atoms with Gasteiger partial charge in [-0.15, -0.1) is 5.10 Å². The quantitative estimate of drug-likeness (QED) is 0.387. The molecule has 0 fully saturated rings. The number of rotatable bonds is 6. The van der Waals surface area contributed by atoms with Gasteiger partial charge in [0.05, 0.1) is 13.7 Å². The molecule has 0 aliphatic heterocycles. The van der Waals surface area contributed by atoms with Crippen molar-refractivity contribution in [2.24, 2.45) is 0 Å². The van der Waals surface area contributed by atoms with Crippen molar-refractivity contribution < 1.29 is 9.53 Å². The monoisotopic (exact) mass is 454 g/mol. The summed E-state index contributed by atoms with van der Waals surface area (Å²) in [5.41, 5.74) is 6.54. The molecule has 4 aromatic heterocycles. The third-order valence-electron chi connectivity index (χ3n) is 5.71. The van der Waals surface area contributed by atoms with Crippen LogP contribution in [0.4, 0.5) is 0 Å². The minimum absolute atomic E-state index is 0.277. The number of aromatic nitrogens is 8. The number of pyridine rings is 2. The van der Waals surface area contributed by atoms with Gasteiger partial charge in [-0.2, -0.15) is 0 Å². The van der Waals surface area contributed by atoms with Crippen molar-refractivity contribution in [2.45, 2.75) is 26.8 Å². The highest BCUT2D eigenvalue weighted by Gasteiger charge is 2.18. The van der Waals surface area contributed by atoms with E-state index in [2.05, 4.69) is 66.3 Å². The summed E-state index contributed by atoms with van der Waals surface area (Å²) in [7, 11) is 1.35. The minimum atomic E-state index is -0.463. The summed E-state index contributed by atoms with van der Waals surface area (Å²) in [5, 5.41) is 14.1. The Bertz CT molecular complexity index is 1470. The smallest absolute Gasteiger partial charge is 0.356 e. The van der Waals surface area contributed by atoms with Crippen molar-refractivity contribution in [3.05, 3.63) is 71.4 Å². The normalized spacial score (nSPS) is 11.1. The molecule has 0 aliphatic carbocycles. The standard InChI is InChI=1S/C24H22N8O2/c1-4-20-27-21-14(2)11-19(24(33)34-3)26-23(21)32(20)13-15-5-7-16(8-6-15)17-9-10-25-12-18(17)22-28-30-31-29-22/h5-12H,4,13H2,1-3H3,(H,28,29,30,31). The zero-order valence-corrected chi connectivity index (χ0v) is 19.0. The molecule has 170 valence electrons. The summed E-state index contributed by atoms with van der Waals surface area (Å²) in [6, 6.07) is 11.9. The number of fused-ring (bicyclic) bond motifs is 1. The maximum absolute atomic E-state index is 12.1. The van der Waals surface area contributed by atoms with Gasteiger partial charge in [0.1, 0.15) is 11.3 Å². The van der Waals surface area contributed by atoms with Gasteiger partial charge >= 0.3 is 5.97 Å². The molecule has 4 heterocycles. The second-order valence-corrected chi connectivity index (χ2v) is 7.82. The lowest BCUT2D eigenvalue weighted by atomic mass is 10.00. The summed E-state index contributed by atoms with van der Waals surface area (Å²) >= 11 is 0. The topological polar surface area (TPSA) is 124 Å². The second-order valence-electron chi connectivity index (χ2n) is 7.82. The van der Waals surface area contributed by atoms with Crippen molar-refractivity contribution in [1.82, 2.24) is 40.1 Å². The second kappa shape index (κ2) is 8.81. The van der Waals surface area contributed by atoms with Gasteiger partial charge in [0.2, 0.25) is 0 Å².